The van der Waals surface area contributed by atoms with Gasteiger partial charge in [-0.05, 0) is 121 Å². The van der Waals surface area contributed by atoms with Crippen molar-refractivity contribution >= 4 is 57.8 Å². The van der Waals surface area contributed by atoms with Crippen molar-refractivity contribution in [1.29, 1.82) is 0 Å². The molecule has 0 bridgehead atoms. The summed E-state index contributed by atoms with van der Waals surface area (Å²) >= 11 is 2.15. The Morgan fingerprint density at radius 3 is 1.31 bits per heavy atom. The van der Waals surface area contributed by atoms with E-state index >= 15 is 0 Å². The Morgan fingerprint density at radius 2 is 0.942 bits per heavy atom. The lowest BCUT2D eigenvalue weighted by Gasteiger charge is -2.11. The normalized spacial score (nSPS) is 10.8. The lowest BCUT2D eigenvalue weighted by molar-refractivity contribution is -0.138. The second-order valence-electron chi connectivity index (χ2n) is 10.7. The second-order valence-corrected chi connectivity index (χ2v) is 12.8. The highest BCUT2D eigenvalue weighted by Gasteiger charge is 2.09. The Hall–Kier alpha value is -5.20. The Balaban J connectivity index is 1.43. The average molecular weight is 747 g/mol. The van der Waals surface area contributed by atoms with Crippen LogP contribution in [-0.4, -0.2) is 62.8 Å². The SMILES string of the molecule is C=CC(=O)OCCCCOc1ccc(/C=C/C(=O)Sc2ccc(SC(=O)/C=C/c3ccc(OCCCCOC(=O)C=C)c(OC)c3)cc2)cc1OC. The van der Waals surface area contributed by atoms with Crippen LogP contribution in [0.2, 0.25) is 0 Å². The number of hydrogen-bond donors (Lipinski definition) is 0. The van der Waals surface area contributed by atoms with Crippen molar-refractivity contribution in [2.75, 3.05) is 40.6 Å². The van der Waals surface area contributed by atoms with Crippen molar-refractivity contribution in [2.24, 2.45) is 0 Å². The minimum absolute atomic E-state index is 0.158. The first-order valence-electron chi connectivity index (χ1n) is 16.3. The van der Waals surface area contributed by atoms with E-state index in [0.717, 1.165) is 56.6 Å². The van der Waals surface area contributed by atoms with Crippen LogP contribution < -0.4 is 18.9 Å². The summed E-state index contributed by atoms with van der Waals surface area (Å²) in [5.74, 6) is 1.34. The van der Waals surface area contributed by atoms with Gasteiger partial charge in [-0.2, -0.15) is 0 Å². The molecule has 0 aliphatic carbocycles. The third-order valence-corrected chi connectivity index (χ3v) is 8.56. The quantitative estimate of drug-likeness (QED) is 0.0427. The van der Waals surface area contributed by atoms with Crippen molar-refractivity contribution < 1.29 is 47.6 Å². The molecule has 10 nitrogen and oxygen atoms in total. The molecular formula is C40H42O10S2. The summed E-state index contributed by atoms with van der Waals surface area (Å²) in [6, 6.07) is 18.0. The maximum Gasteiger partial charge on any atom is 0.330 e. The van der Waals surface area contributed by atoms with Gasteiger partial charge in [0.15, 0.2) is 23.0 Å². The van der Waals surface area contributed by atoms with Crippen LogP contribution >= 0.6 is 23.5 Å². The fraction of sp³-hybridized carbons (Fsp3) is 0.250. The lowest BCUT2D eigenvalue weighted by atomic mass is 10.2. The molecule has 0 radical (unpaired) electrons. The minimum atomic E-state index is -0.445. The van der Waals surface area contributed by atoms with Gasteiger partial charge in [0.25, 0.3) is 0 Å². The van der Waals surface area contributed by atoms with Gasteiger partial charge in [0.05, 0.1) is 40.6 Å². The summed E-state index contributed by atoms with van der Waals surface area (Å²) in [6.07, 6.45) is 11.3. The Morgan fingerprint density at radius 1 is 0.558 bits per heavy atom. The molecule has 12 heteroatoms. The monoisotopic (exact) mass is 746 g/mol. The zero-order valence-corrected chi connectivity index (χ0v) is 30.8. The van der Waals surface area contributed by atoms with Gasteiger partial charge in [0, 0.05) is 21.9 Å². The molecule has 0 saturated heterocycles. The van der Waals surface area contributed by atoms with Crippen LogP contribution in [-0.2, 0) is 28.7 Å². The Kier molecular flexibility index (Phi) is 18.5. The van der Waals surface area contributed by atoms with Crippen molar-refractivity contribution in [3.05, 3.63) is 109 Å². The van der Waals surface area contributed by atoms with E-state index in [9.17, 15) is 19.2 Å². The summed E-state index contributed by atoms with van der Waals surface area (Å²) in [5, 5.41) is -0.316. The van der Waals surface area contributed by atoms with Crippen LogP contribution in [0.1, 0.15) is 36.8 Å². The molecule has 0 atom stereocenters. The number of unbranched alkanes of at least 4 members (excludes halogenated alkanes) is 2. The number of thioether (sulfide) groups is 2. The average Bonchev–Trinajstić information content (AvgIpc) is 3.16. The fourth-order valence-electron chi connectivity index (χ4n) is 4.25. The van der Waals surface area contributed by atoms with E-state index in [1.165, 1.54) is 12.2 Å². The van der Waals surface area contributed by atoms with Crippen LogP contribution in [0.5, 0.6) is 23.0 Å². The second kappa shape index (κ2) is 23.3. The van der Waals surface area contributed by atoms with Gasteiger partial charge in [-0.25, -0.2) is 9.59 Å². The summed E-state index contributed by atoms with van der Waals surface area (Å²) < 4.78 is 32.4. The van der Waals surface area contributed by atoms with E-state index in [2.05, 4.69) is 13.2 Å². The van der Waals surface area contributed by atoms with Crippen LogP contribution in [0.4, 0.5) is 0 Å². The molecule has 0 fully saturated rings. The zero-order chi connectivity index (χ0) is 37.6. The lowest BCUT2D eigenvalue weighted by Crippen LogP contribution is -2.05. The summed E-state index contributed by atoms with van der Waals surface area (Å²) in [6.45, 7) is 8.18. The van der Waals surface area contributed by atoms with E-state index in [1.54, 1.807) is 74.9 Å². The molecule has 52 heavy (non-hydrogen) atoms. The molecule has 3 aromatic rings. The Bertz CT molecular complexity index is 1600. The number of methoxy groups -OCH3 is 2. The largest absolute Gasteiger partial charge is 0.493 e. The molecule has 3 rings (SSSR count). The molecule has 0 spiro atoms. The molecule has 0 saturated carbocycles. The predicted octanol–water partition coefficient (Wildman–Crippen LogP) is 8.14. The van der Waals surface area contributed by atoms with E-state index in [1.807, 2.05) is 12.1 Å². The molecule has 0 heterocycles. The zero-order valence-electron chi connectivity index (χ0n) is 29.2. The van der Waals surface area contributed by atoms with E-state index in [4.69, 9.17) is 28.4 Å². The number of rotatable bonds is 22. The molecule has 3 aromatic carbocycles. The van der Waals surface area contributed by atoms with Crippen LogP contribution in [0, 0.1) is 0 Å². The van der Waals surface area contributed by atoms with Crippen molar-refractivity contribution in [1.82, 2.24) is 0 Å². The molecule has 0 amide bonds. The molecule has 0 N–H and O–H groups in total. The standard InChI is InChI=1S/C40H42O10S2/c1-5-37(41)49-25-9-7-23-47-33-19-11-29(27-35(33)45-3)13-21-39(43)51-31-15-17-32(18-16-31)52-40(44)22-14-30-12-20-34(36(28-30)46-4)48-24-8-10-26-50-38(42)6-2/h5-6,11-22,27-28H,1-2,7-10,23-26H2,3-4H3/b21-13+,22-14+. The highest BCUT2D eigenvalue weighted by molar-refractivity contribution is 8.14. The number of hydrogen-bond acceptors (Lipinski definition) is 12. The highest BCUT2D eigenvalue weighted by atomic mass is 32.2. The van der Waals surface area contributed by atoms with Gasteiger partial charge in [0.2, 0.25) is 10.2 Å². The molecule has 0 aromatic heterocycles. The molecular weight excluding hydrogens is 705 g/mol. The van der Waals surface area contributed by atoms with Crippen LogP contribution in [0.3, 0.4) is 0 Å². The van der Waals surface area contributed by atoms with E-state index in [-0.39, 0.29) is 10.2 Å². The number of esters is 2. The molecule has 274 valence electrons. The maximum atomic E-state index is 12.6. The van der Waals surface area contributed by atoms with Crippen molar-refractivity contribution in [2.45, 2.75) is 35.5 Å². The van der Waals surface area contributed by atoms with E-state index in [0.29, 0.717) is 75.1 Å². The topological polar surface area (TPSA) is 124 Å². The first-order chi connectivity index (χ1) is 25.2. The van der Waals surface area contributed by atoms with Gasteiger partial charge in [-0.15, -0.1) is 0 Å². The van der Waals surface area contributed by atoms with Crippen LogP contribution in [0.25, 0.3) is 12.2 Å². The molecule has 0 unspecified atom stereocenters. The minimum Gasteiger partial charge on any atom is -0.493 e. The summed E-state index contributed by atoms with van der Waals surface area (Å²) in [5.41, 5.74) is 1.54. The first-order valence-corrected chi connectivity index (χ1v) is 18.0. The predicted molar refractivity (Wildman–Crippen MR) is 204 cm³/mol. The van der Waals surface area contributed by atoms with Gasteiger partial charge in [0.1, 0.15) is 0 Å². The van der Waals surface area contributed by atoms with Gasteiger partial charge in [-0.3, -0.25) is 9.59 Å². The van der Waals surface area contributed by atoms with Gasteiger partial charge < -0.3 is 28.4 Å². The summed E-state index contributed by atoms with van der Waals surface area (Å²) in [7, 11) is 3.09. The molecule has 0 aliphatic rings. The third-order valence-electron chi connectivity index (χ3n) is 6.87. The smallest absolute Gasteiger partial charge is 0.330 e. The number of benzene rings is 3. The van der Waals surface area contributed by atoms with Crippen LogP contribution in [0.15, 0.2) is 108 Å². The summed E-state index contributed by atoms with van der Waals surface area (Å²) in [4.78, 5) is 49.0. The Labute approximate surface area is 312 Å². The number of carbonyl (C=O) groups is 4. The first kappa shape index (κ1) is 41.2. The number of ether oxygens (including phenoxy) is 6. The van der Waals surface area contributed by atoms with Gasteiger partial charge in [-0.1, -0.05) is 37.4 Å². The number of carbonyl (C=O) groups excluding carboxylic acids is 4. The fourth-order valence-corrected chi connectivity index (χ4v) is 5.54. The van der Waals surface area contributed by atoms with E-state index < -0.39 is 11.9 Å². The maximum absolute atomic E-state index is 12.6. The van der Waals surface area contributed by atoms with Gasteiger partial charge >= 0.3 is 11.9 Å². The highest BCUT2D eigenvalue weighted by Crippen LogP contribution is 2.31. The third kappa shape index (κ3) is 15.4. The van der Waals surface area contributed by atoms with Crippen molar-refractivity contribution in [3.63, 3.8) is 0 Å². The molecule has 0 aliphatic heterocycles. The van der Waals surface area contributed by atoms with Crippen molar-refractivity contribution in [3.8, 4) is 23.0 Å².